The lowest BCUT2D eigenvalue weighted by Crippen LogP contribution is -2.39. The van der Waals surface area contributed by atoms with E-state index in [0.29, 0.717) is 53.6 Å². The van der Waals surface area contributed by atoms with Gasteiger partial charge in [0.1, 0.15) is 16.9 Å². The number of pyridine rings is 3. The van der Waals surface area contributed by atoms with Crippen LogP contribution in [0, 0.1) is 18.8 Å². The molecule has 3 amide bonds. The number of aromatic nitrogens is 5. The molecule has 5 aromatic heterocycles. The van der Waals surface area contributed by atoms with Gasteiger partial charge in [-0.3, -0.25) is 34.0 Å². The van der Waals surface area contributed by atoms with E-state index in [1.807, 2.05) is 31.3 Å². The van der Waals surface area contributed by atoms with Crippen LogP contribution in [0.2, 0.25) is 0 Å². The second-order valence-electron chi connectivity index (χ2n) is 15.0. The Hall–Kier alpha value is -6.72. The van der Waals surface area contributed by atoms with E-state index < -0.39 is 5.92 Å². The lowest BCUT2D eigenvalue weighted by Gasteiger charge is -2.32. The molecule has 14 heteroatoms. The molecular weight excluding hydrogens is 737 g/mol. The van der Waals surface area contributed by atoms with Gasteiger partial charge in [-0.2, -0.15) is 0 Å². The molecule has 3 aliphatic rings. The zero-order chi connectivity index (χ0) is 39.9. The zero-order valence-corrected chi connectivity index (χ0v) is 32.1. The number of furan rings is 1. The average molecular weight is 777 g/mol. The quantitative estimate of drug-likeness (QED) is 0.170. The molecular formula is C44H40N8O6. The lowest BCUT2D eigenvalue weighted by molar-refractivity contribution is -0.134. The van der Waals surface area contributed by atoms with E-state index in [1.54, 1.807) is 42.1 Å². The minimum Gasteiger partial charge on any atom is -0.448 e. The molecule has 0 spiro atoms. The number of rotatable bonds is 6. The number of fused-ring (bicyclic) bond motifs is 3. The summed E-state index contributed by atoms with van der Waals surface area (Å²) in [5, 5.41) is 6.86. The van der Waals surface area contributed by atoms with Crippen molar-refractivity contribution < 1.29 is 23.5 Å². The molecule has 6 aromatic rings. The molecule has 3 aliphatic heterocycles. The number of imide groups is 1. The van der Waals surface area contributed by atoms with Gasteiger partial charge in [0.2, 0.25) is 11.8 Å². The summed E-state index contributed by atoms with van der Waals surface area (Å²) in [7, 11) is 1.78. The van der Waals surface area contributed by atoms with Crippen LogP contribution < -0.4 is 21.1 Å². The molecule has 2 N–H and O–H groups in total. The highest BCUT2D eigenvalue weighted by Gasteiger charge is 2.30. The Morgan fingerprint density at radius 1 is 0.966 bits per heavy atom. The van der Waals surface area contributed by atoms with Gasteiger partial charge in [0.05, 0.1) is 35.7 Å². The highest BCUT2D eigenvalue weighted by atomic mass is 16.5. The number of hydrogen-bond donors (Lipinski definition) is 2. The topological polar surface area (TPSA) is 174 Å². The third-order valence-electron chi connectivity index (χ3n) is 11.2. The molecule has 0 saturated carbocycles. The molecule has 58 heavy (non-hydrogen) atoms. The van der Waals surface area contributed by atoms with Gasteiger partial charge in [0, 0.05) is 79.0 Å². The van der Waals surface area contributed by atoms with Crippen molar-refractivity contribution in [2.75, 3.05) is 31.2 Å². The normalized spacial score (nSPS) is 17.1. The number of nitrogens with zero attached hydrogens (tertiary/aromatic N) is 6. The summed E-state index contributed by atoms with van der Waals surface area (Å²) >= 11 is 0. The second-order valence-corrected chi connectivity index (χ2v) is 15.0. The second kappa shape index (κ2) is 15.3. The predicted molar refractivity (Wildman–Crippen MR) is 216 cm³/mol. The zero-order valence-electron chi connectivity index (χ0n) is 32.1. The molecule has 292 valence electrons. The fourth-order valence-electron chi connectivity index (χ4n) is 8.19. The van der Waals surface area contributed by atoms with Crippen molar-refractivity contribution in [3.63, 3.8) is 0 Å². The Kier molecular flexibility index (Phi) is 9.74. The summed E-state index contributed by atoms with van der Waals surface area (Å²) < 4.78 is 13.2. The molecule has 8 heterocycles. The third kappa shape index (κ3) is 6.98. The average Bonchev–Trinajstić information content (AvgIpc) is 3.68. The Morgan fingerprint density at radius 3 is 2.64 bits per heavy atom. The van der Waals surface area contributed by atoms with Gasteiger partial charge in [-0.25, -0.2) is 15.0 Å². The number of piperidine rings is 1. The van der Waals surface area contributed by atoms with E-state index in [9.17, 15) is 19.2 Å². The van der Waals surface area contributed by atoms with Gasteiger partial charge < -0.3 is 19.4 Å². The van der Waals surface area contributed by atoms with E-state index in [-0.39, 0.29) is 47.9 Å². The van der Waals surface area contributed by atoms with Crippen molar-refractivity contribution in [3.05, 3.63) is 105 Å². The molecule has 2 saturated heterocycles. The summed E-state index contributed by atoms with van der Waals surface area (Å²) in [4.78, 5) is 71.5. The van der Waals surface area contributed by atoms with Crippen LogP contribution in [0.15, 0.2) is 70.1 Å². The number of ether oxygens (including phenoxy) is 1. The largest absolute Gasteiger partial charge is 0.448 e. The van der Waals surface area contributed by atoms with Crippen LogP contribution in [0.4, 0.5) is 11.4 Å². The smallest absolute Gasteiger partial charge is 0.270 e. The first kappa shape index (κ1) is 36.9. The highest BCUT2D eigenvalue weighted by Crippen LogP contribution is 2.39. The van der Waals surface area contributed by atoms with E-state index in [4.69, 9.17) is 24.1 Å². The first-order chi connectivity index (χ1) is 28.2. The van der Waals surface area contributed by atoms with Crippen LogP contribution in [0.3, 0.4) is 0 Å². The van der Waals surface area contributed by atoms with E-state index in [2.05, 4.69) is 38.4 Å². The van der Waals surface area contributed by atoms with Crippen molar-refractivity contribution in [1.29, 1.82) is 0 Å². The Balaban J connectivity index is 0.901. The van der Waals surface area contributed by atoms with Crippen LogP contribution in [-0.4, -0.2) is 68.5 Å². The van der Waals surface area contributed by atoms with Gasteiger partial charge >= 0.3 is 0 Å². The third-order valence-corrected chi connectivity index (χ3v) is 11.2. The van der Waals surface area contributed by atoms with Crippen LogP contribution in [-0.2, 0) is 27.8 Å². The summed E-state index contributed by atoms with van der Waals surface area (Å²) in [6, 6.07) is 14.8. The van der Waals surface area contributed by atoms with Gasteiger partial charge in [-0.1, -0.05) is 18.1 Å². The van der Waals surface area contributed by atoms with Crippen LogP contribution >= 0.6 is 0 Å². The molecule has 0 radical (unpaired) electrons. The van der Waals surface area contributed by atoms with Crippen LogP contribution in [0.1, 0.15) is 82.7 Å². The van der Waals surface area contributed by atoms with Crippen molar-refractivity contribution >= 4 is 51.1 Å². The number of anilines is 2. The highest BCUT2D eigenvalue weighted by molar-refractivity contribution is 6.03. The van der Waals surface area contributed by atoms with Gasteiger partial charge in [-0.15, -0.1) is 0 Å². The predicted octanol–water partition coefficient (Wildman–Crippen LogP) is 5.12. The summed E-state index contributed by atoms with van der Waals surface area (Å²) in [6.45, 7) is 4.04. The van der Waals surface area contributed by atoms with E-state index >= 15 is 0 Å². The molecule has 1 aromatic carbocycles. The van der Waals surface area contributed by atoms with Crippen molar-refractivity contribution in [3.8, 4) is 23.2 Å². The standard InChI is InChI=1S/C44H40N8O6/c1-25-20-32-36(22-35(26-14-18-57-19-15-26)49-41(32)51(2)44(25)56)52-17-5-8-33-37(52)24-47-40(48-33)27-10-12-34(46-23-27)43(55)45-16-4-6-28-21-31-29(7-3-9-38(31)58-28)30-11-13-39(53)50-42(30)54/h3,7,9-10,12,20-24,26,30H,5,8,11,13-19H2,1-2H3,(H,45,55)(H,50,53,54). The van der Waals surface area contributed by atoms with Crippen molar-refractivity contribution in [2.45, 2.75) is 57.3 Å². The maximum atomic E-state index is 13.0. The van der Waals surface area contributed by atoms with Crippen LogP contribution in [0.5, 0.6) is 0 Å². The van der Waals surface area contributed by atoms with Gasteiger partial charge in [-0.05, 0) is 80.8 Å². The monoisotopic (exact) mass is 776 g/mol. The first-order valence-corrected chi connectivity index (χ1v) is 19.5. The van der Waals surface area contributed by atoms with Crippen molar-refractivity contribution in [2.24, 2.45) is 7.05 Å². The number of hydrogen-bond acceptors (Lipinski definition) is 11. The minimum atomic E-state index is -0.444. The van der Waals surface area contributed by atoms with E-state index in [1.165, 1.54) is 0 Å². The molecule has 0 aliphatic carbocycles. The fraction of sp³-hybridized carbons (Fsp3) is 0.318. The number of aryl methyl sites for hydroxylation is 3. The van der Waals surface area contributed by atoms with Gasteiger partial charge in [0.15, 0.2) is 11.6 Å². The number of nitrogens with one attached hydrogen (secondary N) is 2. The number of carbonyl (C=O) groups excluding carboxylic acids is 3. The lowest BCUT2D eigenvalue weighted by atomic mass is 9.88. The SMILES string of the molecule is Cc1cc2c(N3CCCc4nc(-c5ccc(C(=O)NCC#Cc6cc7c(C8CCC(=O)NC8=O)cccc7o6)nc5)ncc43)cc(C3CCOCC3)nc2n(C)c1=O. The first-order valence-electron chi connectivity index (χ1n) is 19.5. The molecule has 1 atom stereocenters. The number of benzene rings is 1. The maximum Gasteiger partial charge on any atom is 0.270 e. The Labute approximate surface area is 333 Å². The number of amides is 3. The molecule has 14 nitrogen and oxygen atoms in total. The minimum absolute atomic E-state index is 0.0585. The van der Waals surface area contributed by atoms with Crippen molar-refractivity contribution in [1.82, 2.24) is 35.1 Å². The molecule has 1 unspecified atom stereocenters. The summed E-state index contributed by atoms with van der Waals surface area (Å²) in [5.74, 6) is 5.61. The molecule has 0 bridgehead atoms. The maximum absolute atomic E-state index is 13.0. The molecule has 9 rings (SSSR count). The fourth-order valence-corrected chi connectivity index (χ4v) is 8.19. The Bertz CT molecular complexity index is 2760. The van der Waals surface area contributed by atoms with Gasteiger partial charge in [0.25, 0.3) is 11.5 Å². The van der Waals surface area contributed by atoms with E-state index in [0.717, 1.165) is 71.3 Å². The number of carbonyl (C=O) groups is 3. The summed E-state index contributed by atoms with van der Waals surface area (Å²) in [6.07, 6.45) is 7.58. The Morgan fingerprint density at radius 2 is 1.83 bits per heavy atom. The molecule has 2 fully saturated rings. The summed E-state index contributed by atoms with van der Waals surface area (Å²) in [5.41, 5.74) is 7.31. The van der Waals surface area contributed by atoms with Crippen LogP contribution in [0.25, 0.3) is 33.4 Å².